The molecule has 5 nitrogen and oxygen atoms in total. The molecule has 0 bridgehead atoms. The van der Waals surface area contributed by atoms with E-state index in [0.717, 1.165) is 22.3 Å². The van der Waals surface area contributed by atoms with Gasteiger partial charge in [-0.2, -0.15) is 0 Å². The highest BCUT2D eigenvalue weighted by Gasteiger charge is 2.49. The lowest BCUT2D eigenvalue weighted by Gasteiger charge is -2.40. The largest absolute Gasteiger partial charge is 0.497 e. The molecule has 2 aromatic carbocycles. The van der Waals surface area contributed by atoms with E-state index in [0.29, 0.717) is 24.2 Å². The lowest BCUT2D eigenvalue weighted by molar-refractivity contribution is -0.153. The van der Waals surface area contributed by atoms with Gasteiger partial charge in [0.1, 0.15) is 17.1 Å². The van der Waals surface area contributed by atoms with Crippen molar-refractivity contribution in [2.24, 2.45) is 0 Å². The summed E-state index contributed by atoms with van der Waals surface area (Å²) in [6.45, 7) is 4.14. The van der Waals surface area contributed by atoms with Crippen molar-refractivity contribution in [2.45, 2.75) is 44.8 Å². The second-order valence-corrected chi connectivity index (χ2v) is 7.48. The van der Waals surface area contributed by atoms with Crippen LogP contribution in [0.25, 0.3) is 10.8 Å². The Hall–Kier alpha value is -2.92. The molecule has 0 fully saturated rings. The average Bonchev–Trinajstić information content (AvgIpc) is 2.76. The van der Waals surface area contributed by atoms with E-state index < -0.39 is 5.60 Å². The molecule has 29 heavy (non-hydrogen) atoms. The van der Waals surface area contributed by atoms with E-state index in [2.05, 4.69) is 0 Å². The minimum absolute atomic E-state index is 0.0208. The molecule has 150 valence electrons. The van der Waals surface area contributed by atoms with Gasteiger partial charge in [0.15, 0.2) is 5.78 Å². The van der Waals surface area contributed by atoms with Crippen LogP contribution in [0.4, 0.5) is 0 Å². The number of carbonyl (C=O) groups is 1. The number of ether oxygens (including phenoxy) is 2. The maximum atomic E-state index is 13.3. The van der Waals surface area contributed by atoms with Crippen LogP contribution in [0.5, 0.6) is 5.75 Å². The summed E-state index contributed by atoms with van der Waals surface area (Å²) in [6.07, 6.45) is 0.694. The minimum atomic E-state index is -1.02. The van der Waals surface area contributed by atoms with Crippen molar-refractivity contribution in [1.29, 1.82) is 0 Å². The number of methoxy groups -OCH3 is 1. The smallest absolute Gasteiger partial charge is 0.343 e. The van der Waals surface area contributed by atoms with Gasteiger partial charge in [0, 0.05) is 12.0 Å². The number of ketones is 1. The summed E-state index contributed by atoms with van der Waals surface area (Å²) < 4.78 is 17.2. The molecule has 0 aliphatic heterocycles. The SMILES string of the molecule is CCC1(OCc2ccc(OC)cc2)C(=O)Cc2c(oc(=O)c3ccccc23)C1C. The summed E-state index contributed by atoms with van der Waals surface area (Å²) in [6, 6.07) is 14.9. The average molecular weight is 392 g/mol. The standard InChI is InChI=1S/C24H24O5/c1-4-24(28-14-16-9-11-17(27-3)12-10-16)15(2)22-20(13-21(24)25)18-7-5-6-8-19(18)23(26)29-22/h5-12,15H,4,13-14H2,1-3H3. The fraction of sp³-hybridized carbons (Fsp3) is 0.333. The molecular formula is C24H24O5. The molecular weight excluding hydrogens is 368 g/mol. The second-order valence-electron chi connectivity index (χ2n) is 7.48. The van der Waals surface area contributed by atoms with Crippen LogP contribution >= 0.6 is 0 Å². The molecule has 1 aromatic heterocycles. The van der Waals surface area contributed by atoms with Gasteiger partial charge >= 0.3 is 5.63 Å². The zero-order valence-electron chi connectivity index (χ0n) is 16.9. The predicted octanol–water partition coefficient (Wildman–Crippen LogP) is 4.40. The van der Waals surface area contributed by atoms with E-state index >= 15 is 0 Å². The molecule has 0 amide bonds. The number of rotatable bonds is 5. The van der Waals surface area contributed by atoms with Gasteiger partial charge in [-0.3, -0.25) is 4.79 Å². The zero-order valence-corrected chi connectivity index (χ0v) is 16.9. The molecule has 2 unspecified atom stereocenters. The third-order valence-corrected chi connectivity index (χ3v) is 6.05. The molecule has 0 spiro atoms. The first-order valence-corrected chi connectivity index (χ1v) is 9.85. The van der Waals surface area contributed by atoms with E-state index in [-0.39, 0.29) is 23.7 Å². The zero-order chi connectivity index (χ0) is 20.6. The number of carbonyl (C=O) groups excluding carboxylic acids is 1. The molecule has 5 heteroatoms. The van der Waals surface area contributed by atoms with Crippen molar-refractivity contribution in [1.82, 2.24) is 0 Å². The molecule has 3 aromatic rings. The summed E-state index contributed by atoms with van der Waals surface area (Å²) in [5.74, 6) is 0.986. The summed E-state index contributed by atoms with van der Waals surface area (Å²) in [7, 11) is 1.62. The van der Waals surface area contributed by atoms with E-state index in [1.807, 2.05) is 50.2 Å². The first-order chi connectivity index (χ1) is 14.0. The van der Waals surface area contributed by atoms with Crippen molar-refractivity contribution in [3.05, 3.63) is 75.8 Å². The van der Waals surface area contributed by atoms with Crippen LogP contribution in [0, 0.1) is 0 Å². The van der Waals surface area contributed by atoms with Crippen LogP contribution in [-0.4, -0.2) is 18.5 Å². The van der Waals surface area contributed by atoms with Gasteiger partial charge in [0.05, 0.1) is 25.0 Å². The Kier molecular flexibility index (Phi) is 5.01. The Morgan fingerprint density at radius 2 is 1.76 bits per heavy atom. The van der Waals surface area contributed by atoms with E-state index in [1.165, 1.54) is 0 Å². The quantitative estimate of drug-likeness (QED) is 0.644. The van der Waals surface area contributed by atoms with E-state index in [9.17, 15) is 9.59 Å². The van der Waals surface area contributed by atoms with Crippen LogP contribution in [0.2, 0.25) is 0 Å². The van der Waals surface area contributed by atoms with Crippen molar-refractivity contribution in [3.63, 3.8) is 0 Å². The molecule has 0 saturated carbocycles. The summed E-state index contributed by atoms with van der Waals surface area (Å²) in [5.41, 5.74) is 0.352. The van der Waals surface area contributed by atoms with Crippen molar-refractivity contribution >= 4 is 16.6 Å². The minimum Gasteiger partial charge on any atom is -0.497 e. The van der Waals surface area contributed by atoms with Gasteiger partial charge in [-0.1, -0.05) is 44.2 Å². The van der Waals surface area contributed by atoms with Crippen molar-refractivity contribution < 1.29 is 18.7 Å². The van der Waals surface area contributed by atoms with Gasteiger partial charge < -0.3 is 13.9 Å². The number of Topliss-reactive ketones (excluding diaryl/α,β-unsaturated/α-hetero) is 1. The molecule has 1 aliphatic rings. The molecule has 0 radical (unpaired) electrons. The highest BCUT2D eigenvalue weighted by molar-refractivity contribution is 5.97. The Morgan fingerprint density at radius 3 is 2.41 bits per heavy atom. The molecule has 0 N–H and O–H groups in total. The number of hydrogen-bond acceptors (Lipinski definition) is 5. The van der Waals surface area contributed by atoms with Gasteiger partial charge in [-0.05, 0) is 35.6 Å². The molecule has 0 saturated heterocycles. The maximum Gasteiger partial charge on any atom is 0.343 e. The highest BCUT2D eigenvalue weighted by Crippen LogP contribution is 2.43. The second kappa shape index (κ2) is 7.48. The lowest BCUT2D eigenvalue weighted by atomic mass is 9.72. The topological polar surface area (TPSA) is 65.7 Å². The molecule has 4 rings (SSSR count). The molecule has 1 heterocycles. The third-order valence-electron chi connectivity index (χ3n) is 6.05. The summed E-state index contributed by atoms with van der Waals surface area (Å²) in [5, 5.41) is 1.30. The number of fused-ring (bicyclic) bond motifs is 3. The van der Waals surface area contributed by atoms with Gasteiger partial charge in [-0.25, -0.2) is 4.79 Å². The van der Waals surface area contributed by atoms with Gasteiger partial charge in [-0.15, -0.1) is 0 Å². The predicted molar refractivity (Wildman–Crippen MR) is 110 cm³/mol. The Bertz CT molecular complexity index is 1110. The fourth-order valence-electron chi connectivity index (χ4n) is 4.31. The Balaban J connectivity index is 1.71. The van der Waals surface area contributed by atoms with Crippen LogP contribution < -0.4 is 10.4 Å². The van der Waals surface area contributed by atoms with Crippen LogP contribution in [-0.2, 0) is 22.6 Å². The van der Waals surface area contributed by atoms with Gasteiger partial charge in [0.2, 0.25) is 0 Å². The number of benzene rings is 2. The van der Waals surface area contributed by atoms with Crippen LogP contribution in [0.1, 0.15) is 43.1 Å². The summed E-state index contributed by atoms with van der Waals surface area (Å²) >= 11 is 0. The number of hydrogen-bond donors (Lipinski definition) is 0. The first kappa shape index (κ1) is 19.4. The third kappa shape index (κ3) is 3.15. The molecule has 1 aliphatic carbocycles. The maximum absolute atomic E-state index is 13.3. The first-order valence-electron chi connectivity index (χ1n) is 9.85. The fourth-order valence-corrected chi connectivity index (χ4v) is 4.31. The van der Waals surface area contributed by atoms with Gasteiger partial charge in [0.25, 0.3) is 0 Å². The summed E-state index contributed by atoms with van der Waals surface area (Å²) in [4.78, 5) is 25.8. The lowest BCUT2D eigenvalue weighted by Crippen LogP contribution is -2.49. The van der Waals surface area contributed by atoms with Crippen molar-refractivity contribution in [2.75, 3.05) is 7.11 Å². The molecule has 2 atom stereocenters. The Labute approximate surface area is 169 Å². The van der Waals surface area contributed by atoms with Crippen LogP contribution in [0.15, 0.2) is 57.7 Å². The monoisotopic (exact) mass is 392 g/mol. The Morgan fingerprint density at radius 1 is 1.07 bits per heavy atom. The highest BCUT2D eigenvalue weighted by atomic mass is 16.5. The van der Waals surface area contributed by atoms with E-state index in [1.54, 1.807) is 19.2 Å². The normalized spacial score (nSPS) is 21.2. The van der Waals surface area contributed by atoms with Crippen molar-refractivity contribution in [3.8, 4) is 5.75 Å². The van der Waals surface area contributed by atoms with E-state index in [4.69, 9.17) is 13.9 Å². The van der Waals surface area contributed by atoms with Crippen LogP contribution in [0.3, 0.4) is 0 Å².